The van der Waals surface area contributed by atoms with Crippen LogP contribution in [-0.2, 0) is 35.3 Å². The molecule has 4 N–H and O–H groups in total. The Hall–Kier alpha value is -4.94. The van der Waals surface area contributed by atoms with Crippen LogP contribution in [0, 0.1) is 5.92 Å². The van der Waals surface area contributed by atoms with E-state index in [4.69, 9.17) is 4.74 Å². The van der Waals surface area contributed by atoms with Crippen LogP contribution in [0.3, 0.4) is 0 Å². The molecule has 0 spiro atoms. The third-order valence-electron chi connectivity index (χ3n) is 10.2. The van der Waals surface area contributed by atoms with Gasteiger partial charge in [0.15, 0.2) is 5.69 Å². The Morgan fingerprint density at radius 2 is 1.71 bits per heavy atom. The number of alkyl halides is 3. The van der Waals surface area contributed by atoms with Crippen molar-refractivity contribution in [1.29, 1.82) is 0 Å². The third-order valence-corrected chi connectivity index (χ3v) is 12.0. The number of para-hydroxylation sites is 1. The Bertz CT molecular complexity index is 2000. The van der Waals surface area contributed by atoms with Gasteiger partial charge in [-0.2, -0.15) is 18.3 Å². The highest BCUT2D eigenvalue weighted by atomic mass is 32.2. The molecule has 2 aromatic rings. The van der Waals surface area contributed by atoms with E-state index in [1.807, 2.05) is 6.08 Å². The van der Waals surface area contributed by atoms with Crippen molar-refractivity contribution in [3.05, 3.63) is 59.9 Å². The van der Waals surface area contributed by atoms with Gasteiger partial charge < -0.3 is 25.6 Å². The summed E-state index contributed by atoms with van der Waals surface area (Å²) >= 11 is 0. The Kier molecular flexibility index (Phi) is 11.3. The van der Waals surface area contributed by atoms with Crippen LogP contribution in [0.4, 0.5) is 18.0 Å². The minimum absolute atomic E-state index is 0.0626. The summed E-state index contributed by atoms with van der Waals surface area (Å²) in [5, 5.41) is 11.0. The lowest BCUT2D eigenvalue weighted by molar-refractivity contribution is -0.143. The maximum Gasteiger partial charge on any atom is 0.434 e. The van der Waals surface area contributed by atoms with Crippen LogP contribution in [0.5, 0.6) is 0 Å². The molecule has 56 heavy (non-hydrogen) atoms. The molecule has 1 saturated heterocycles. The molecule has 3 fully saturated rings. The predicted octanol–water partition coefficient (Wildman–Crippen LogP) is 3.49. The average Bonchev–Trinajstić information content (AvgIpc) is 3.99. The lowest BCUT2D eigenvalue weighted by atomic mass is 10.0. The van der Waals surface area contributed by atoms with Crippen LogP contribution in [0.25, 0.3) is 5.69 Å². The number of rotatable bonds is 7. The van der Waals surface area contributed by atoms with E-state index in [9.17, 15) is 45.6 Å². The van der Waals surface area contributed by atoms with Crippen molar-refractivity contribution < 1.29 is 50.3 Å². The van der Waals surface area contributed by atoms with Gasteiger partial charge in [-0.1, -0.05) is 43.2 Å². The number of nitrogens with one attached hydrogen (secondary N) is 4. The van der Waals surface area contributed by atoms with E-state index in [1.165, 1.54) is 24.3 Å². The van der Waals surface area contributed by atoms with Crippen molar-refractivity contribution in [3.8, 4) is 5.69 Å². The molecule has 304 valence electrons. The Labute approximate surface area is 322 Å². The fraction of sp³-hybridized carbons (Fsp3) is 0.568. The topological polar surface area (TPSA) is 198 Å². The number of nitrogens with zero attached hydrogens (tertiary/aromatic N) is 3. The SMILES string of the molecule is CC(C)(C)OC(=O)N[C@H]1CCCCC/C=C\[C@H]2C[C@@]2(C(=O)NS(=O)(=O)C2CC2)NC(=O)[C@@H]2C[C@@H](NC(=O)c3cnn(-c4ccccc4)c3C(F)(F)F)CN2C1=O. The third kappa shape index (κ3) is 9.19. The summed E-state index contributed by atoms with van der Waals surface area (Å²) in [7, 11) is -3.99. The molecule has 19 heteroatoms. The molecule has 0 unspecified atom stereocenters. The van der Waals surface area contributed by atoms with Gasteiger partial charge in [-0.15, -0.1) is 0 Å². The van der Waals surface area contributed by atoms with Gasteiger partial charge in [0.2, 0.25) is 21.8 Å². The zero-order chi connectivity index (χ0) is 40.6. The molecule has 5 amide bonds. The Morgan fingerprint density at radius 1 is 1.00 bits per heavy atom. The first-order valence-corrected chi connectivity index (χ1v) is 20.2. The smallest absolute Gasteiger partial charge is 0.434 e. The number of allylic oxidation sites excluding steroid dienone is 1. The molecular formula is C37H46F3N7O8S. The summed E-state index contributed by atoms with van der Waals surface area (Å²) in [4.78, 5) is 69.9. The predicted molar refractivity (Wildman–Crippen MR) is 194 cm³/mol. The quantitative estimate of drug-likeness (QED) is 0.303. The number of hydrogen-bond donors (Lipinski definition) is 4. The van der Waals surface area contributed by atoms with E-state index in [0.29, 0.717) is 43.2 Å². The first kappa shape index (κ1) is 40.7. The van der Waals surface area contributed by atoms with Crippen LogP contribution < -0.4 is 20.7 Å². The number of halogens is 3. The maximum atomic E-state index is 14.4. The summed E-state index contributed by atoms with van der Waals surface area (Å²) in [5.74, 6) is -4.19. The number of amides is 5. The molecule has 2 saturated carbocycles. The lowest BCUT2D eigenvalue weighted by Gasteiger charge is -2.30. The van der Waals surface area contributed by atoms with Gasteiger partial charge in [-0.25, -0.2) is 17.9 Å². The van der Waals surface area contributed by atoms with Crippen molar-refractivity contribution in [2.24, 2.45) is 5.92 Å². The second kappa shape index (κ2) is 15.5. The first-order valence-electron chi connectivity index (χ1n) is 18.7. The number of hydrogen-bond acceptors (Lipinski definition) is 9. The normalized spacial score (nSPS) is 26.7. The number of aromatic nitrogens is 2. The molecule has 4 aliphatic rings. The van der Waals surface area contributed by atoms with Crippen LogP contribution >= 0.6 is 0 Å². The fourth-order valence-corrected chi connectivity index (χ4v) is 8.53. The van der Waals surface area contributed by atoms with E-state index in [-0.39, 0.29) is 31.5 Å². The van der Waals surface area contributed by atoms with Gasteiger partial charge in [0, 0.05) is 18.5 Å². The number of fused-ring (bicyclic) bond motifs is 2. The molecule has 5 atom stereocenters. The second-order valence-electron chi connectivity index (χ2n) is 15.8. The highest BCUT2D eigenvalue weighted by Crippen LogP contribution is 2.46. The van der Waals surface area contributed by atoms with E-state index in [1.54, 1.807) is 32.9 Å². The number of alkyl carbamates (subject to hydrolysis) is 1. The maximum absolute atomic E-state index is 14.4. The number of carbonyl (C=O) groups is 5. The summed E-state index contributed by atoms with van der Waals surface area (Å²) in [6.07, 6.45) is 1.70. The van der Waals surface area contributed by atoms with Crippen LogP contribution in [0.2, 0.25) is 0 Å². The molecule has 0 bridgehead atoms. The summed E-state index contributed by atoms with van der Waals surface area (Å²) in [6, 6.07) is 3.79. The van der Waals surface area contributed by atoms with Crippen LogP contribution in [0.15, 0.2) is 48.7 Å². The molecule has 0 radical (unpaired) electrons. The van der Waals surface area contributed by atoms with Gasteiger partial charge in [-0.05, 0) is 77.8 Å². The zero-order valence-electron chi connectivity index (χ0n) is 31.2. The van der Waals surface area contributed by atoms with Crippen LogP contribution in [0.1, 0.15) is 94.6 Å². The monoisotopic (exact) mass is 805 g/mol. The van der Waals surface area contributed by atoms with E-state index in [0.717, 1.165) is 11.1 Å². The van der Waals surface area contributed by atoms with Gasteiger partial charge in [0.25, 0.3) is 11.8 Å². The fourth-order valence-electron chi connectivity index (χ4n) is 7.17. The van der Waals surface area contributed by atoms with Crippen molar-refractivity contribution in [2.75, 3.05) is 6.54 Å². The number of carbonyl (C=O) groups excluding carboxylic acids is 5. The Morgan fingerprint density at radius 3 is 2.38 bits per heavy atom. The van der Waals surface area contributed by atoms with E-state index < -0.39 is 97.6 Å². The van der Waals surface area contributed by atoms with Crippen molar-refractivity contribution in [2.45, 2.75) is 119 Å². The minimum Gasteiger partial charge on any atom is -0.444 e. The number of sulfonamides is 1. The number of benzene rings is 1. The Balaban J connectivity index is 1.30. The molecule has 3 heterocycles. The molecule has 1 aromatic heterocycles. The van der Waals surface area contributed by atoms with E-state index >= 15 is 0 Å². The lowest BCUT2D eigenvalue weighted by Crippen LogP contribution is -2.58. The molecule has 2 aliphatic heterocycles. The van der Waals surface area contributed by atoms with Gasteiger partial charge in [0.05, 0.1) is 22.7 Å². The summed E-state index contributed by atoms with van der Waals surface area (Å²) in [5.41, 5.74) is -4.62. The molecule has 2 aliphatic carbocycles. The van der Waals surface area contributed by atoms with Crippen molar-refractivity contribution >= 4 is 39.7 Å². The van der Waals surface area contributed by atoms with Gasteiger partial charge in [-0.3, -0.25) is 23.9 Å². The summed E-state index contributed by atoms with van der Waals surface area (Å²) in [6.45, 7) is 4.59. The second-order valence-corrected chi connectivity index (χ2v) is 17.7. The first-order chi connectivity index (χ1) is 26.3. The van der Waals surface area contributed by atoms with Gasteiger partial charge in [0.1, 0.15) is 23.2 Å². The number of ether oxygens (including phenoxy) is 1. The highest BCUT2D eigenvalue weighted by Gasteiger charge is 2.62. The van der Waals surface area contributed by atoms with Crippen molar-refractivity contribution in [3.63, 3.8) is 0 Å². The van der Waals surface area contributed by atoms with Crippen LogP contribution in [-0.4, -0.2) is 93.9 Å². The standard InChI is InChI=1S/C37H46F3N7O8S/c1-35(2,3)55-34(52)43-27-15-11-6-4-5-8-12-22-19-36(22,33(51)45-56(53,54)25-16-17-25)44-31(49)28-18-23(21-46(28)32(27)50)42-30(48)26-20-41-47(29(26)37(38,39)40)24-13-9-7-10-14-24/h7-10,12-14,20,22-23,25,27-28H,4-6,11,15-19,21H2,1-3H3,(H,42,48)(H,43,52)(H,44,49)(H,45,51)/b12-8-/t22-,23+,27-,28-,36+/m0/s1. The average molecular weight is 806 g/mol. The minimum atomic E-state index is -5.00. The molecule has 6 rings (SSSR count). The van der Waals surface area contributed by atoms with E-state index in [2.05, 4.69) is 25.8 Å². The molecular weight excluding hydrogens is 760 g/mol. The van der Waals surface area contributed by atoms with Gasteiger partial charge >= 0.3 is 12.3 Å². The molecule has 15 nitrogen and oxygen atoms in total. The van der Waals surface area contributed by atoms with Crippen molar-refractivity contribution in [1.82, 2.24) is 35.4 Å². The largest absolute Gasteiger partial charge is 0.444 e. The molecule has 1 aromatic carbocycles. The zero-order valence-corrected chi connectivity index (χ0v) is 32.0. The summed E-state index contributed by atoms with van der Waals surface area (Å²) < 4.78 is 77.0. The highest BCUT2D eigenvalue weighted by molar-refractivity contribution is 7.91.